The second kappa shape index (κ2) is 8.36. The first-order chi connectivity index (χ1) is 13.7. The van der Waals surface area contributed by atoms with Gasteiger partial charge in [-0.3, -0.25) is 4.79 Å². The van der Waals surface area contributed by atoms with E-state index in [0.29, 0.717) is 16.8 Å². The minimum Gasteiger partial charge on any atom is -0.467 e. The van der Waals surface area contributed by atoms with E-state index in [-0.39, 0.29) is 5.91 Å². The fraction of sp³-hybridized carbons (Fsp3) is 0.167. The number of amides is 1. The summed E-state index contributed by atoms with van der Waals surface area (Å²) in [5, 5.41) is 17.1. The molecule has 0 aliphatic heterocycles. The summed E-state index contributed by atoms with van der Waals surface area (Å²) in [6.45, 7) is 2.21. The van der Waals surface area contributed by atoms with Crippen molar-refractivity contribution in [3.8, 4) is 11.3 Å². The van der Waals surface area contributed by atoms with Crippen LogP contribution < -0.4 is 5.32 Å². The highest BCUT2D eigenvalue weighted by molar-refractivity contribution is 8.00. The van der Waals surface area contributed by atoms with Gasteiger partial charge in [0.2, 0.25) is 11.1 Å². The van der Waals surface area contributed by atoms with Gasteiger partial charge in [0, 0.05) is 10.9 Å². The van der Waals surface area contributed by atoms with Crippen molar-refractivity contribution >= 4 is 34.1 Å². The van der Waals surface area contributed by atoms with Gasteiger partial charge < -0.3 is 9.73 Å². The summed E-state index contributed by atoms with van der Waals surface area (Å²) in [6.07, 6.45) is 1.60. The highest BCUT2D eigenvalue weighted by Gasteiger charge is 2.20. The van der Waals surface area contributed by atoms with Crippen LogP contribution in [0, 0.1) is 0 Å². The van der Waals surface area contributed by atoms with Crippen LogP contribution in [0.3, 0.4) is 0 Å². The van der Waals surface area contributed by atoms with Gasteiger partial charge in [-0.1, -0.05) is 42.1 Å². The number of nitrogens with zero attached hydrogens (tertiary/aromatic N) is 5. The normalized spacial score (nSPS) is 12.0. The van der Waals surface area contributed by atoms with Gasteiger partial charge in [0.15, 0.2) is 5.13 Å². The molecule has 8 nitrogen and oxygen atoms in total. The number of carbonyl (C=O) groups is 1. The van der Waals surface area contributed by atoms with Crippen molar-refractivity contribution < 1.29 is 9.21 Å². The molecule has 0 spiro atoms. The molecule has 28 heavy (non-hydrogen) atoms. The second-order valence-corrected chi connectivity index (χ2v) is 8.02. The lowest BCUT2D eigenvalue weighted by molar-refractivity contribution is -0.115. The topological polar surface area (TPSA) is 98.7 Å². The monoisotopic (exact) mass is 412 g/mol. The average molecular weight is 413 g/mol. The zero-order valence-corrected chi connectivity index (χ0v) is 16.5. The molecule has 3 heterocycles. The van der Waals surface area contributed by atoms with Crippen molar-refractivity contribution in [3.05, 3.63) is 59.9 Å². The summed E-state index contributed by atoms with van der Waals surface area (Å²) in [5.41, 5.74) is 1.85. The van der Waals surface area contributed by atoms with E-state index in [1.54, 1.807) is 23.9 Å². The molecule has 1 N–H and O–H groups in total. The van der Waals surface area contributed by atoms with E-state index in [1.165, 1.54) is 23.1 Å². The van der Waals surface area contributed by atoms with E-state index in [9.17, 15) is 4.79 Å². The van der Waals surface area contributed by atoms with Crippen LogP contribution in [-0.4, -0.2) is 36.3 Å². The first-order valence-corrected chi connectivity index (χ1v) is 10.2. The lowest BCUT2D eigenvalue weighted by Gasteiger charge is -2.09. The predicted octanol–water partition coefficient (Wildman–Crippen LogP) is 3.56. The summed E-state index contributed by atoms with van der Waals surface area (Å²) >= 11 is 2.67. The van der Waals surface area contributed by atoms with Gasteiger partial charge in [-0.05, 0) is 29.5 Å². The van der Waals surface area contributed by atoms with Crippen LogP contribution in [0.25, 0.3) is 11.3 Å². The number of rotatable bonds is 7. The molecule has 0 fully saturated rings. The molecular formula is C18H16N6O2S2. The third-order valence-corrected chi connectivity index (χ3v) is 5.67. The summed E-state index contributed by atoms with van der Waals surface area (Å²) < 4.78 is 6.92. The number of tetrazole rings is 1. The van der Waals surface area contributed by atoms with Gasteiger partial charge in [0.1, 0.15) is 12.3 Å². The number of thiazole rings is 1. The van der Waals surface area contributed by atoms with Gasteiger partial charge in [-0.15, -0.1) is 16.4 Å². The maximum atomic E-state index is 12.6. The van der Waals surface area contributed by atoms with E-state index in [4.69, 9.17) is 4.42 Å². The Bertz CT molecular complexity index is 1050. The van der Waals surface area contributed by atoms with Crippen LogP contribution in [0.2, 0.25) is 0 Å². The molecular weight excluding hydrogens is 396 g/mol. The van der Waals surface area contributed by atoms with Crippen LogP contribution in [0.5, 0.6) is 0 Å². The number of anilines is 1. The molecule has 142 valence electrons. The Morgan fingerprint density at radius 1 is 1.29 bits per heavy atom. The standard InChI is InChI=1S/C18H16N6O2S2/c1-12(28-18-21-22-23-24(18)10-14-8-5-9-26-14)16(25)20-17-19-15(11-27-17)13-6-3-2-4-7-13/h2-9,11-12H,10H2,1H3,(H,19,20,25). The van der Waals surface area contributed by atoms with E-state index in [2.05, 4.69) is 25.8 Å². The maximum Gasteiger partial charge on any atom is 0.239 e. The summed E-state index contributed by atoms with van der Waals surface area (Å²) in [5.74, 6) is 0.578. The molecule has 0 saturated carbocycles. The SMILES string of the molecule is CC(Sc1nnnn1Cc1ccco1)C(=O)Nc1nc(-c2ccccc2)cs1. The molecule has 0 aliphatic carbocycles. The zero-order valence-electron chi connectivity index (χ0n) is 14.8. The minimum atomic E-state index is -0.398. The smallest absolute Gasteiger partial charge is 0.239 e. The molecule has 0 radical (unpaired) electrons. The summed E-state index contributed by atoms with van der Waals surface area (Å²) in [7, 11) is 0. The van der Waals surface area contributed by atoms with Crippen molar-refractivity contribution in [2.75, 3.05) is 5.32 Å². The van der Waals surface area contributed by atoms with E-state index in [1.807, 2.05) is 41.8 Å². The third-order valence-electron chi connectivity index (χ3n) is 3.84. The molecule has 1 aromatic carbocycles. The first kappa shape index (κ1) is 18.4. The molecule has 1 amide bonds. The van der Waals surface area contributed by atoms with Gasteiger partial charge in [-0.25, -0.2) is 9.67 Å². The highest BCUT2D eigenvalue weighted by atomic mass is 32.2. The average Bonchev–Trinajstić information content (AvgIpc) is 3.46. The molecule has 4 aromatic rings. The van der Waals surface area contributed by atoms with Gasteiger partial charge in [-0.2, -0.15) is 0 Å². The third kappa shape index (κ3) is 4.29. The Hall–Kier alpha value is -2.98. The van der Waals surface area contributed by atoms with Gasteiger partial charge in [0.05, 0.1) is 17.2 Å². The quantitative estimate of drug-likeness (QED) is 0.463. The molecule has 4 rings (SSSR count). The Morgan fingerprint density at radius 3 is 2.93 bits per heavy atom. The molecule has 0 aliphatic rings. The predicted molar refractivity (Wildman–Crippen MR) is 107 cm³/mol. The van der Waals surface area contributed by atoms with E-state index >= 15 is 0 Å². The summed E-state index contributed by atoms with van der Waals surface area (Å²) in [4.78, 5) is 17.0. The van der Waals surface area contributed by atoms with Crippen LogP contribution in [0.15, 0.2) is 63.7 Å². The molecule has 1 unspecified atom stereocenters. The number of thioether (sulfide) groups is 1. The second-order valence-electron chi connectivity index (χ2n) is 5.85. The van der Waals surface area contributed by atoms with Crippen molar-refractivity contribution in [2.45, 2.75) is 23.9 Å². The Morgan fingerprint density at radius 2 is 2.14 bits per heavy atom. The highest BCUT2D eigenvalue weighted by Crippen LogP contribution is 2.26. The van der Waals surface area contributed by atoms with Gasteiger partial charge >= 0.3 is 0 Å². The van der Waals surface area contributed by atoms with Crippen molar-refractivity contribution in [3.63, 3.8) is 0 Å². The number of benzene rings is 1. The van der Waals surface area contributed by atoms with Crippen LogP contribution in [0.4, 0.5) is 5.13 Å². The largest absolute Gasteiger partial charge is 0.467 e. The molecule has 1 atom stereocenters. The fourth-order valence-corrected chi connectivity index (χ4v) is 3.93. The van der Waals surface area contributed by atoms with Gasteiger partial charge in [0.25, 0.3) is 0 Å². The number of nitrogens with one attached hydrogen (secondary N) is 1. The Balaban J connectivity index is 1.38. The number of furan rings is 1. The minimum absolute atomic E-state index is 0.161. The van der Waals surface area contributed by atoms with Crippen LogP contribution in [-0.2, 0) is 11.3 Å². The fourth-order valence-electron chi connectivity index (χ4n) is 2.42. The first-order valence-electron chi connectivity index (χ1n) is 8.46. The van der Waals surface area contributed by atoms with Crippen molar-refractivity contribution in [1.29, 1.82) is 0 Å². The lowest BCUT2D eigenvalue weighted by atomic mass is 10.2. The molecule has 0 bridgehead atoms. The van der Waals surface area contributed by atoms with E-state index in [0.717, 1.165) is 17.0 Å². The van der Waals surface area contributed by atoms with Crippen LogP contribution >= 0.6 is 23.1 Å². The zero-order chi connectivity index (χ0) is 19.3. The Kier molecular flexibility index (Phi) is 5.49. The van der Waals surface area contributed by atoms with Crippen molar-refractivity contribution in [2.24, 2.45) is 0 Å². The number of carbonyl (C=O) groups excluding carboxylic acids is 1. The molecule has 3 aromatic heterocycles. The van der Waals surface area contributed by atoms with Crippen LogP contribution in [0.1, 0.15) is 12.7 Å². The molecule has 10 heteroatoms. The number of hydrogen-bond acceptors (Lipinski definition) is 8. The Labute approximate surface area is 169 Å². The maximum absolute atomic E-state index is 12.6. The van der Waals surface area contributed by atoms with Crippen molar-refractivity contribution in [1.82, 2.24) is 25.2 Å². The van der Waals surface area contributed by atoms with E-state index < -0.39 is 5.25 Å². The lowest BCUT2D eigenvalue weighted by Crippen LogP contribution is -2.23. The summed E-state index contributed by atoms with van der Waals surface area (Å²) in [6, 6.07) is 13.5. The molecule has 0 saturated heterocycles. The number of aromatic nitrogens is 5. The number of hydrogen-bond donors (Lipinski definition) is 1.